The third-order valence-corrected chi connectivity index (χ3v) is 4.06. The number of nitrogens with one attached hydrogen (secondary N) is 1. The zero-order valence-electron chi connectivity index (χ0n) is 9.88. The number of hydrogen-bond donors (Lipinski definition) is 1. The number of aryl methyl sites for hydroxylation is 1. The van der Waals surface area contributed by atoms with Crippen molar-refractivity contribution in [1.29, 1.82) is 0 Å². The molecule has 88 valence electrons. The average molecular weight is 238 g/mol. The second kappa shape index (κ2) is 4.63. The first-order chi connectivity index (χ1) is 7.60. The molecule has 1 atom stereocenters. The van der Waals surface area contributed by atoms with Gasteiger partial charge in [0.15, 0.2) is 5.78 Å². The second-order valence-electron chi connectivity index (χ2n) is 4.67. The van der Waals surface area contributed by atoms with Crippen LogP contribution in [0, 0.1) is 6.92 Å². The second-order valence-corrected chi connectivity index (χ2v) is 5.74. The molecule has 2 heterocycles. The van der Waals surface area contributed by atoms with Gasteiger partial charge >= 0.3 is 0 Å². The van der Waals surface area contributed by atoms with Crippen LogP contribution in [0.4, 0.5) is 0 Å². The Hall–Kier alpha value is -0.740. The molecule has 0 bridgehead atoms. The summed E-state index contributed by atoms with van der Waals surface area (Å²) in [5.74, 6) is 0.275. The van der Waals surface area contributed by atoms with E-state index < -0.39 is 0 Å². The fourth-order valence-electron chi connectivity index (χ4n) is 2.14. The van der Waals surface area contributed by atoms with Crippen molar-refractivity contribution in [1.82, 2.24) is 10.3 Å². The molecule has 1 fully saturated rings. The van der Waals surface area contributed by atoms with Crippen LogP contribution in [-0.2, 0) is 11.2 Å². The third kappa shape index (κ3) is 2.50. The van der Waals surface area contributed by atoms with E-state index in [4.69, 9.17) is 0 Å². The fraction of sp³-hybridized carbons (Fsp3) is 0.667. The van der Waals surface area contributed by atoms with E-state index in [0.29, 0.717) is 6.42 Å². The number of nitrogens with zero attached hydrogens (tertiary/aromatic N) is 1. The Bertz CT molecular complexity index is 380. The quantitative estimate of drug-likeness (QED) is 0.877. The molecule has 16 heavy (non-hydrogen) atoms. The molecule has 1 aliphatic heterocycles. The van der Waals surface area contributed by atoms with Crippen LogP contribution in [-0.4, -0.2) is 22.9 Å². The number of carbonyl (C=O) groups is 1. The standard InChI is InChI=1S/C12H18N2OS/c1-9-14-10(8-16-9)7-11(15)12(2)5-3-4-6-13-12/h8,13H,3-7H2,1-2H3. The molecule has 1 N–H and O–H groups in total. The van der Waals surface area contributed by atoms with Gasteiger partial charge in [-0.15, -0.1) is 11.3 Å². The van der Waals surface area contributed by atoms with E-state index in [9.17, 15) is 4.79 Å². The van der Waals surface area contributed by atoms with Crippen molar-refractivity contribution in [3.05, 3.63) is 16.1 Å². The Morgan fingerprint density at radius 3 is 3.00 bits per heavy atom. The topological polar surface area (TPSA) is 42.0 Å². The average Bonchev–Trinajstić information content (AvgIpc) is 2.65. The van der Waals surface area contributed by atoms with Crippen molar-refractivity contribution in [3.63, 3.8) is 0 Å². The number of thiazole rings is 1. The molecule has 0 amide bonds. The lowest BCUT2D eigenvalue weighted by molar-refractivity contribution is -0.125. The summed E-state index contributed by atoms with van der Waals surface area (Å²) in [6.07, 6.45) is 3.74. The number of hydrogen-bond acceptors (Lipinski definition) is 4. The van der Waals surface area contributed by atoms with Crippen molar-refractivity contribution in [2.75, 3.05) is 6.54 Å². The van der Waals surface area contributed by atoms with Crippen LogP contribution in [0.3, 0.4) is 0 Å². The van der Waals surface area contributed by atoms with Gasteiger partial charge in [-0.3, -0.25) is 4.79 Å². The van der Waals surface area contributed by atoms with Crippen LogP contribution in [0.15, 0.2) is 5.38 Å². The largest absolute Gasteiger partial charge is 0.305 e. The van der Waals surface area contributed by atoms with Crippen LogP contribution in [0.1, 0.15) is 36.9 Å². The Morgan fingerprint density at radius 1 is 1.62 bits per heavy atom. The summed E-state index contributed by atoms with van der Waals surface area (Å²) in [4.78, 5) is 16.5. The molecular weight excluding hydrogens is 220 g/mol. The van der Waals surface area contributed by atoms with Crippen molar-refractivity contribution >= 4 is 17.1 Å². The van der Waals surface area contributed by atoms with Gasteiger partial charge < -0.3 is 5.32 Å². The molecule has 0 aromatic carbocycles. The van der Waals surface area contributed by atoms with Crippen LogP contribution in [0.5, 0.6) is 0 Å². The number of carbonyl (C=O) groups excluding carboxylic acids is 1. The summed E-state index contributed by atoms with van der Waals surface area (Å²) in [5.41, 5.74) is 0.594. The highest BCUT2D eigenvalue weighted by molar-refractivity contribution is 7.09. The van der Waals surface area contributed by atoms with Crippen LogP contribution < -0.4 is 5.32 Å². The molecule has 1 aliphatic rings. The first kappa shape index (κ1) is 11.7. The molecule has 0 aliphatic carbocycles. The molecule has 0 spiro atoms. The summed E-state index contributed by atoms with van der Waals surface area (Å²) in [7, 11) is 0. The highest BCUT2D eigenvalue weighted by Gasteiger charge is 2.33. The Morgan fingerprint density at radius 2 is 2.44 bits per heavy atom. The number of aromatic nitrogens is 1. The lowest BCUT2D eigenvalue weighted by Gasteiger charge is -2.33. The van der Waals surface area contributed by atoms with E-state index in [2.05, 4.69) is 10.3 Å². The molecule has 0 radical (unpaired) electrons. The first-order valence-corrected chi connectivity index (χ1v) is 6.67. The smallest absolute Gasteiger partial charge is 0.158 e. The van der Waals surface area contributed by atoms with Crippen molar-refractivity contribution in [2.24, 2.45) is 0 Å². The fourth-order valence-corrected chi connectivity index (χ4v) is 2.76. The van der Waals surface area contributed by atoms with Gasteiger partial charge in [0, 0.05) is 5.38 Å². The van der Waals surface area contributed by atoms with Gasteiger partial charge in [-0.25, -0.2) is 4.98 Å². The first-order valence-electron chi connectivity index (χ1n) is 5.79. The van der Waals surface area contributed by atoms with E-state index in [1.54, 1.807) is 11.3 Å². The van der Waals surface area contributed by atoms with Crippen LogP contribution in [0.25, 0.3) is 0 Å². The molecule has 3 nitrogen and oxygen atoms in total. The van der Waals surface area contributed by atoms with E-state index in [1.807, 2.05) is 19.2 Å². The van der Waals surface area contributed by atoms with Gasteiger partial charge in [0.25, 0.3) is 0 Å². The monoisotopic (exact) mass is 238 g/mol. The molecule has 2 rings (SSSR count). The summed E-state index contributed by atoms with van der Waals surface area (Å²) >= 11 is 1.61. The van der Waals surface area contributed by atoms with E-state index in [0.717, 1.165) is 30.1 Å². The highest BCUT2D eigenvalue weighted by atomic mass is 32.1. The van der Waals surface area contributed by atoms with Gasteiger partial charge in [-0.05, 0) is 39.7 Å². The molecule has 0 saturated carbocycles. The zero-order valence-corrected chi connectivity index (χ0v) is 10.7. The minimum Gasteiger partial charge on any atom is -0.305 e. The molecule has 1 aromatic rings. The van der Waals surface area contributed by atoms with Gasteiger partial charge in [0.05, 0.1) is 22.7 Å². The van der Waals surface area contributed by atoms with E-state index in [1.165, 1.54) is 6.42 Å². The maximum atomic E-state index is 12.2. The Balaban J connectivity index is 2.01. The van der Waals surface area contributed by atoms with Gasteiger partial charge in [0.2, 0.25) is 0 Å². The molecule has 4 heteroatoms. The van der Waals surface area contributed by atoms with Crippen molar-refractivity contribution < 1.29 is 4.79 Å². The predicted molar refractivity (Wildman–Crippen MR) is 65.8 cm³/mol. The normalized spacial score (nSPS) is 25.6. The summed E-state index contributed by atoms with van der Waals surface area (Å²) in [5, 5.41) is 6.37. The number of Topliss-reactive ketones (excluding diaryl/α,β-unsaturated/α-hetero) is 1. The van der Waals surface area contributed by atoms with Gasteiger partial charge in [-0.1, -0.05) is 0 Å². The minimum absolute atomic E-state index is 0.275. The number of rotatable bonds is 3. The predicted octanol–water partition coefficient (Wildman–Crippen LogP) is 2.10. The lowest BCUT2D eigenvalue weighted by atomic mass is 9.85. The lowest BCUT2D eigenvalue weighted by Crippen LogP contribution is -2.52. The van der Waals surface area contributed by atoms with Crippen LogP contribution in [0.2, 0.25) is 0 Å². The summed E-state index contributed by atoms with van der Waals surface area (Å²) in [6, 6.07) is 0. The van der Waals surface area contributed by atoms with Crippen molar-refractivity contribution in [2.45, 2.75) is 45.1 Å². The van der Waals surface area contributed by atoms with Crippen molar-refractivity contribution in [3.8, 4) is 0 Å². The van der Waals surface area contributed by atoms with Gasteiger partial charge in [-0.2, -0.15) is 0 Å². The zero-order chi connectivity index (χ0) is 11.6. The molecule has 1 aromatic heterocycles. The minimum atomic E-state index is -0.324. The van der Waals surface area contributed by atoms with Crippen LogP contribution >= 0.6 is 11.3 Å². The summed E-state index contributed by atoms with van der Waals surface area (Å²) in [6.45, 7) is 4.95. The Kier molecular flexibility index (Phi) is 3.40. The third-order valence-electron chi connectivity index (χ3n) is 3.24. The SMILES string of the molecule is Cc1nc(CC(=O)C2(C)CCCCN2)cs1. The maximum absolute atomic E-state index is 12.2. The number of piperidine rings is 1. The molecule has 1 saturated heterocycles. The Labute approximate surface area is 100 Å². The highest BCUT2D eigenvalue weighted by Crippen LogP contribution is 2.21. The molecular formula is C12H18N2OS. The number of ketones is 1. The van der Waals surface area contributed by atoms with E-state index >= 15 is 0 Å². The van der Waals surface area contributed by atoms with E-state index in [-0.39, 0.29) is 11.3 Å². The molecule has 1 unspecified atom stereocenters. The maximum Gasteiger partial charge on any atom is 0.158 e. The summed E-state index contributed by atoms with van der Waals surface area (Å²) < 4.78 is 0. The van der Waals surface area contributed by atoms with Gasteiger partial charge in [0.1, 0.15) is 0 Å².